The van der Waals surface area contributed by atoms with E-state index in [1.54, 1.807) is 11.8 Å². The summed E-state index contributed by atoms with van der Waals surface area (Å²) in [5, 5.41) is 0. The summed E-state index contributed by atoms with van der Waals surface area (Å²) in [5.74, 6) is -0.416. The molecule has 2 N–H and O–H groups in total. The Kier molecular flexibility index (Phi) is 5.40. The smallest absolute Gasteiger partial charge is 0.362 e. The van der Waals surface area contributed by atoms with E-state index in [1.807, 2.05) is 0 Å². The summed E-state index contributed by atoms with van der Waals surface area (Å²) in [5.41, 5.74) is 5.78. The summed E-state index contributed by atoms with van der Waals surface area (Å²) < 4.78 is 40.0. The summed E-state index contributed by atoms with van der Waals surface area (Å²) in [6.07, 6.45) is -1.76. The van der Waals surface area contributed by atoms with Gasteiger partial charge in [0.2, 0.25) is 5.91 Å². The minimum atomic E-state index is -4.40. The van der Waals surface area contributed by atoms with E-state index in [2.05, 4.69) is 4.74 Å². The van der Waals surface area contributed by atoms with Gasteiger partial charge in [-0.2, -0.15) is 13.2 Å². The molecule has 2 unspecified atom stereocenters. The molecule has 18 heavy (non-hydrogen) atoms. The maximum Gasteiger partial charge on any atom is 0.411 e. The monoisotopic (exact) mass is 268 g/mol. The first kappa shape index (κ1) is 15.2. The van der Waals surface area contributed by atoms with Crippen LogP contribution in [0.15, 0.2) is 0 Å². The first-order valence-corrected chi connectivity index (χ1v) is 6.01. The molecular formula is C11H19F3N2O2. The highest BCUT2D eigenvalue weighted by Crippen LogP contribution is 2.19. The highest BCUT2D eigenvalue weighted by Gasteiger charge is 2.31. The SMILES string of the molecule is CC(N)C1CCCCN1C(=O)COCC(F)(F)F. The van der Waals surface area contributed by atoms with Crippen molar-refractivity contribution in [2.24, 2.45) is 5.73 Å². The Morgan fingerprint density at radius 1 is 1.50 bits per heavy atom. The van der Waals surface area contributed by atoms with Crippen LogP contribution >= 0.6 is 0 Å². The second-order valence-corrected chi connectivity index (χ2v) is 4.62. The maximum absolute atomic E-state index is 11.9. The lowest BCUT2D eigenvalue weighted by Gasteiger charge is -2.38. The molecular weight excluding hydrogens is 249 g/mol. The molecule has 1 heterocycles. The van der Waals surface area contributed by atoms with Gasteiger partial charge in [0, 0.05) is 18.6 Å². The average Bonchev–Trinajstić information content (AvgIpc) is 2.27. The van der Waals surface area contributed by atoms with Gasteiger partial charge >= 0.3 is 6.18 Å². The molecule has 1 fully saturated rings. The van der Waals surface area contributed by atoms with Crippen LogP contribution in [-0.2, 0) is 9.53 Å². The molecule has 106 valence electrons. The number of piperidine rings is 1. The van der Waals surface area contributed by atoms with Gasteiger partial charge in [0.1, 0.15) is 13.2 Å². The third kappa shape index (κ3) is 4.81. The first-order valence-electron chi connectivity index (χ1n) is 6.01. The third-order valence-electron chi connectivity index (χ3n) is 2.97. The maximum atomic E-state index is 11.9. The van der Waals surface area contributed by atoms with Crippen LogP contribution in [0, 0.1) is 0 Å². The zero-order valence-electron chi connectivity index (χ0n) is 10.4. The van der Waals surface area contributed by atoms with Crippen molar-refractivity contribution < 1.29 is 22.7 Å². The van der Waals surface area contributed by atoms with Gasteiger partial charge < -0.3 is 15.4 Å². The van der Waals surface area contributed by atoms with Gasteiger partial charge in [-0.15, -0.1) is 0 Å². The summed E-state index contributed by atoms with van der Waals surface area (Å²) in [7, 11) is 0. The number of hydrogen-bond donors (Lipinski definition) is 1. The molecule has 0 aromatic rings. The standard InChI is InChI=1S/C11H19F3N2O2/c1-8(15)9-4-2-3-5-16(9)10(17)6-18-7-11(12,13)14/h8-9H,2-7,15H2,1H3. The van der Waals surface area contributed by atoms with Crippen LogP contribution < -0.4 is 5.73 Å². The Bertz CT molecular complexity index is 282. The van der Waals surface area contributed by atoms with E-state index in [0.29, 0.717) is 6.54 Å². The minimum Gasteiger partial charge on any atom is -0.362 e. The van der Waals surface area contributed by atoms with Crippen LogP contribution in [0.1, 0.15) is 26.2 Å². The Morgan fingerprint density at radius 3 is 2.72 bits per heavy atom. The van der Waals surface area contributed by atoms with Crippen molar-refractivity contribution >= 4 is 5.91 Å². The summed E-state index contributed by atoms with van der Waals surface area (Å²) >= 11 is 0. The zero-order valence-corrected chi connectivity index (χ0v) is 10.4. The predicted octanol–water partition coefficient (Wildman–Crippen LogP) is 1.29. The molecule has 2 atom stereocenters. The lowest BCUT2D eigenvalue weighted by atomic mass is 9.97. The van der Waals surface area contributed by atoms with Crippen LogP contribution in [0.5, 0.6) is 0 Å². The second kappa shape index (κ2) is 6.38. The van der Waals surface area contributed by atoms with Gasteiger partial charge in [-0.1, -0.05) is 0 Å². The van der Waals surface area contributed by atoms with Crippen molar-refractivity contribution in [3.05, 3.63) is 0 Å². The number of likely N-dealkylation sites (tertiary alicyclic amines) is 1. The minimum absolute atomic E-state index is 0.0965. The number of hydrogen-bond acceptors (Lipinski definition) is 3. The molecule has 0 saturated carbocycles. The van der Waals surface area contributed by atoms with Crippen molar-refractivity contribution in [2.45, 2.75) is 44.4 Å². The highest BCUT2D eigenvalue weighted by molar-refractivity contribution is 5.78. The second-order valence-electron chi connectivity index (χ2n) is 4.62. The Morgan fingerprint density at radius 2 is 2.17 bits per heavy atom. The van der Waals surface area contributed by atoms with E-state index < -0.39 is 25.3 Å². The summed E-state index contributed by atoms with van der Waals surface area (Å²) in [4.78, 5) is 13.3. The van der Waals surface area contributed by atoms with Crippen LogP contribution in [0.4, 0.5) is 13.2 Å². The number of alkyl halides is 3. The van der Waals surface area contributed by atoms with E-state index in [1.165, 1.54) is 0 Å². The number of carbonyl (C=O) groups is 1. The number of ether oxygens (including phenoxy) is 1. The molecule has 0 spiro atoms. The van der Waals surface area contributed by atoms with Crippen molar-refractivity contribution in [1.29, 1.82) is 0 Å². The number of rotatable bonds is 4. The fraction of sp³-hybridized carbons (Fsp3) is 0.909. The van der Waals surface area contributed by atoms with Crippen LogP contribution in [-0.4, -0.2) is 48.8 Å². The van der Waals surface area contributed by atoms with Gasteiger partial charge in [-0.25, -0.2) is 0 Å². The highest BCUT2D eigenvalue weighted by atomic mass is 19.4. The molecule has 1 aliphatic heterocycles. The molecule has 1 aliphatic rings. The van der Waals surface area contributed by atoms with Gasteiger partial charge in [-0.05, 0) is 26.2 Å². The molecule has 0 aromatic heterocycles. The van der Waals surface area contributed by atoms with Gasteiger partial charge in [0.15, 0.2) is 0 Å². The molecule has 1 saturated heterocycles. The van der Waals surface area contributed by atoms with E-state index in [0.717, 1.165) is 19.3 Å². The molecule has 0 aromatic carbocycles. The number of carbonyl (C=O) groups excluding carboxylic acids is 1. The molecule has 1 rings (SSSR count). The normalized spacial score (nSPS) is 22.9. The molecule has 0 bridgehead atoms. The van der Waals surface area contributed by atoms with Crippen LogP contribution in [0.25, 0.3) is 0 Å². The number of halogens is 3. The van der Waals surface area contributed by atoms with E-state index in [-0.39, 0.29) is 12.1 Å². The first-order chi connectivity index (χ1) is 8.31. The Balaban J connectivity index is 2.43. The lowest BCUT2D eigenvalue weighted by molar-refractivity contribution is -0.178. The van der Waals surface area contributed by atoms with Gasteiger partial charge in [0.25, 0.3) is 0 Å². The topological polar surface area (TPSA) is 55.6 Å². The quantitative estimate of drug-likeness (QED) is 0.836. The van der Waals surface area contributed by atoms with Gasteiger partial charge in [0.05, 0.1) is 0 Å². The molecule has 0 aliphatic carbocycles. The van der Waals surface area contributed by atoms with Crippen molar-refractivity contribution in [3.8, 4) is 0 Å². The molecule has 0 radical (unpaired) electrons. The lowest BCUT2D eigenvalue weighted by Crippen LogP contribution is -2.52. The number of amides is 1. The van der Waals surface area contributed by atoms with Gasteiger partial charge in [-0.3, -0.25) is 4.79 Å². The van der Waals surface area contributed by atoms with Crippen molar-refractivity contribution in [3.63, 3.8) is 0 Å². The fourth-order valence-electron chi connectivity index (χ4n) is 2.15. The molecule has 4 nitrogen and oxygen atoms in total. The average molecular weight is 268 g/mol. The fourth-order valence-corrected chi connectivity index (χ4v) is 2.15. The Hall–Kier alpha value is -0.820. The number of nitrogens with two attached hydrogens (primary N) is 1. The summed E-state index contributed by atoms with van der Waals surface area (Å²) in [6.45, 7) is 0.408. The van der Waals surface area contributed by atoms with Crippen LogP contribution in [0.3, 0.4) is 0 Å². The third-order valence-corrected chi connectivity index (χ3v) is 2.97. The summed E-state index contributed by atoms with van der Waals surface area (Å²) in [6, 6.07) is -0.280. The molecule has 1 amide bonds. The zero-order chi connectivity index (χ0) is 13.8. The number of nitrogens with zero attached hydrogens (tertiary/aromatic N) is 1. The largest absolute Gasteiger partial charge is 0.411 e. The van der Waals surface area contributed by atoms with Crippen molar-refractivity contribution in [2.75, 3.05) is 19.8 Å². The van der Waals surface area contributed by atoms with E-state index in [4.69, 9.17) is 5.73 Å². The van der Waals surface area contributed by atoms with Crippen molar-refractivity contribution in [1.82, 2.24) is 4.90 Å². The van der Waals surface area contributed by atoms with Crippen LogP contribution in [0.2, 0.25) is 0 Å². The molecule has 7 heteroatoms. The Labute approximate surface area is 104 Å². The van der Waals surface area contributed by atoms with E-state index >= 15 is 0 Å². The predicted molar refractivity (Wildman–Crippen MR) is 59.9 cm³/mol. The van der Waals surface area contributed by atoms with E-state index in [9.17, 15) is 18.0 Å².